The number of ether oxygens (including phenoxy) is 1. The van der Waals surface area contributed by atoms with Gasteiger partial charge in [0.2, 0.25) is 0 Å². The largest absolute Gasteiger partial charge is 0.508 e. The number of rotatable bonds is 1. The molecule has 0 bridgehead atoms. The highest BCUT2D eigenvalue weighted by molar-refractivity contribution is 6.00. The molecule has 0 amide bonds. The van der Waals surface area contributed by atoms with Crippen molar-refractivity contribution in [3.8, 4) is 11.5 Å². The molecule has 3 nitrogen and oxygen atoms in total. The number of hydrogen-bond acceptors (Lipinski definition) is 3. The van der Waals surface area contributed by atoms with Gasteiger partial charge in [-0.15, -0.1) is 0 Å². The van der Waals surface area contributed by atoms with Crippen LogP contribution in [-0.4, -0.2) is 10.9 Å². The molecule has 0 radical (unpaired) electrons. The second kappa shape index (κ2) is 4.43. The maximum absolute atomic E-state index is 12.1. The highest BCUT2D eigenvalue weighted by Gasteiger charge is 2.27. The van der Waals surface area contributed by atoms with Crippen LogP contribution in [0.4, 0.5) is 0 Å². The third-order valence-corrected chi connectivity index (χ3v) is 3.34. The average molecular weight is 254 g/mol. The molecule has 0 spiro atoms. The number of carbonyl (C=O) groups excluding carboxylic acids is 1. The first-order valence-corrected chi connectivity index (χ1v) is 6.23. The van der Waals surface area contributed by atoms with Crippen molar-refractivity contribution in [2.75, 3.05) is 0 Å². The van der Waals surface area contributed by atoms with E-state index in [1.54, 1.807) is 24.3 Å². The van der Waals surface area contributed by atoms with Crippen molar-refractivity contribution in [1.29, 1.82) is 0 Å². The van der Waals surface area contributed by atoms with Crippen LogP contribution in [0.25, 0.3) is 0 Å². The number of phenols is 1. The number of aryl methyl sites for hydroxylation is 1. The second-order valence-electron chi connectivity index (χ2n) is 4.82. The van der Waals surface area contributed by atoms with E-state index < -0.39 is 0 Å². The molecule has 2 aromatic carbocycles. The zero-order valence-corrected chi connectivity index (χ0v) is 10.6. The monoisotopic (exact) mass is 254 g/mol. The molecule has 1 atom stereocenters. The second-order valence-corrected chi connectivity index (χ2v) is 4.82. The molecule has 2 aromatic rings. The lowest BCUT2D eigenvalue weighted by Gasteiger charge is -2.25. The van der Waals surface area contributed by atoms with Gasteiger partial charge in [0.05, 0.1) is 12.0 Å². The van der Waals surface area contributed by atoms with Crippen LogP contribution in [0.1, 0.15) is 34.0 Å². The van der Waals surface area contributed by atoms with Gasteiger partial charge in [-0.05, 0) is 42.3 Å². The smallest absolute Gasteiger partial charge is 0.170 e. The van der Waals surface area contributed by atoms with Crippen LogP contribution < -0.4 is 4.74 Å². The van der Waals surface area contributed by atoms with Crippen LogP contribution in [-0.2, 0) is 0 Å². The van der Waals surface area contributed by atoms with Gasteiger partial charge in [0.25, 0.3) is 0 Å². The minimum absolute atomic E-state index is 0.0966. The summed E-state index contributed by atoms with van der Waals surface area (Å²) in [5, 5.41) is 9.29. The van der Waals surface area contributed by atoms with Crippen molar-refractivity contribution >= 4 is 5.78 Å². The number of aromatic hydroxyl groups is 1. The van der Waals surface area contributed by atoms with Gasteiger partial charge < -0.3 is 9.84 Å². The fourth-order valence-electron chi connectivity index (χ4n) is 2.31. The molecule has 0 fully saturated rings. The zero-order chi connectivity index (χ0) is 13.4. The summed E-state index contributed by atoms with van der Waals surface area (Å²) in [5.74, 6) is 0.954. The summed E-state index contributed by atoms with van der Waals surface area (Å²) < 4.78 is 5.91. The summed E-state index contributed by atoms with van der Waals surface area (Å²) in [6, 6.07) is 12.4. The van der Waals surface area contributed by atoms with Crippen molar-refractivity contribution < 1.29 is 14.6 Å². The van der Waals surface area contributed by atoms with E-state index in [-0.39, 0.29) is 17.6 Å². The van der Waals surface area contributed by atoms with Crippen LogP contribution in [0, 0.1) is 6.92 Å². The van der Waals surface area contributed by atoms with E-state index in [2.05, 4.69) is 0 Å². The maximum Gasteiger partial charge on any atom is 0.170 e. The molecule has 1 heterocycles. The standard InChI is InChI=1S/C16H14O3/c1-10-2-7-13-14(18)9-15(19-16(13)8-10)11-3-5-12(17)6-4-11/h2-8,15,17H,9H2,1H3. The summed E-state index contributed by atoms with van der Waals surface area (Å²) in [6.07, 6.45) is 0.0586. The highest BCUT2D eigenvalue weighted by atomic mass is 16.5. The van der Waals surface area contributed by atoms with Gasteiger partial charge in [-0.25, -0.2) is 0 Å². The first-order chi connectivity index (χ1) is 9.13. The van der Waals surface area contributed by atoms with Crippen molar-refractivity contribution in [3.05, 3.63) is 59.2 Å². The fourth-order valence-corrected chi connectivity index (χ4v) is 2.31. The quantitative estimate of drug-likeness (QED) is 0.848. The van der Waals surface area contributed by atoms with Gasteiger partial charge in [-0.3, -0.25) is 4.79 Å². The number of carbonyl (C=O) groups is 1. The Labute approximate surface area is 111 Å². The van der Waals surface area contributed by atoms with Gasteiger partial charge in [0.15, 0.2) is 5.78 Å². The summed E-state index contributed by atoms with van der Waals surface area (Å²) in [6.45, 7) is 1.97. The van der Waals surface area contributed by atoms with Crippen molar-refractivity contribution in [2.24, 2.45) is 0 Å². The van der Waals surface area contributed by atoms with E-state index in [0.717, 1.165) is 11.1 Å². The summed E-state index contributed by atoms with van der Waals surface area (Å²) in [4.78, 5) is 12.1. The van der Waals surface area contributed by atoms with Crippen molar-refractivity contribution in [1.82, 2.24) is 0 Å². The SMILES string of the molecule is Cc1ccc2c(c1)OC(c1ccc(O)cc1)CC2=O. The molecular formula is C16H14O3. The molecule has 1 aliphatic rings. The lowest BCUT2D eigenvalue weighted by Crippen LogP contribution is -2.20. The number of benzene rings is 2. The Morgan fingerprint density at radius 3 is 2.63 bits per heavy atom. The van der Waals surface area contributed by atoms with E-state index in [4.69, 9.17) is 4.74 Å². The minimum Gasteiger partial charge on any atom is -0.508 e. The maximum atomic E-state index is 12.1. The molecule has 0 aliphatic carbocycles. The van der Waals surface area contributed by atoms with Crippen LogP contribution in [0.2, 0.25) is 0 Å². The molecule has 0 aromatic heterocycles. The van der Waals surface area contributed by atoms with Gasteiger partial charge in [-0.1, -0.05) is 18.2 Å². The van der Waals surface area contributed by atoms with Crippen molar-refractivity contribution in [2.45, 2.75) is 19.4 Å². The number of ketones is 1. The normalized spacial score (nSPS) is 17.7. The molecule has 1 aliphatic heterocycles. The van der Waals surface area contributed by atoms with Gasteiger partial charge in [-0.2, -0.15) is 0 Å². The predicted octanol–water partition coefficient (Wildman–Crippen LogP) is 3.41. The van der Waals surface area contributed by atoms with Crippen LogP contribution in [0.3, 0.4) is 0 Å². The molecule has 1 N–H and O–H groups in total. The number of hydrogen-bond donors (Lipinski definition) is 1. The van der Waals surface area contributed by atoms with E-state index in [9.17, 15) is 9.90 Å². The van der Waals surface area contributed by atoms with Crippen LogP contribution >= 0.6 is 0 Å². The number of phenolic OH excluding ortho intramolecular Hbond substituents is 1. The lowest BCUT2D eigenvalue weighted by molar-refractivity contribution is 0.0850. The van der Waals surface area contributed by atoms with Crippen molar-refractivity contribution in [3.63, 3.8) is 0 Å². The lowest BCUT2D eigenvalue weighted by atomic mass is 9.95. The third kappa shape index (κ3) is 2.19. The Morgan fingerprint density at radius 1 is 1.16 bits per heavy atom. The minimum atomic E-state index is -0.276. The predicted molar refractivity (Wildman–Crippen MR) is 71.6 cm³/mol. The Hall–Kier alpha value is -2.29. The average Bonchev–Trinajstić information content (AvgIpc) is 2.38. The molecular weight excluding hydrogens is 240 g/mol. The van der Waals surface area contributed by atoms with E-state index >= 15 is 0 Å². The Morgan fingerprint density at radius 2 is 1.89 bits per heavy atom. The fraction of sp³-hybridized carbons (Fsp3) is 0.188. The third-order valence-electron chi connectivity index (χ3n) is 3.34. The molecule has 1 unspecified atom stereocenters. The van der Waals surface area contributed by atoms with Gasteiger partial charge in [0, 0.05) is 0 Å². The number of fused-ring (bicyclic) bond motifs is 1. The number of Topliss-reactive ketones (excluding diaryl/α,β-unsaturated/α-hetero) is 1. The zero-order valence-electron chi connectivity index (χ0n) is 10.6. The van der Waals surface area contributed by atoms with E-state index in [1.165, 1.54) is 0 Å². The molecule has 3 heteroatoms. The summed E-state index contributed by atoms with van der Waals surface area (Å²) in [5.41, 5.74) is 2.62. The highest BCUT2D eigenvalue weighted by Crippen LogP contribution is 2.35. The molecule has 19 heavy (non-hydrogen) atoms. The first-order valence-electron chi connectivity index (χ1n) is 6.23. The Balaban J connectivity index is 1.96. The topological polar surface area (TPSA) is 46.5 Å². The molecule has 3 rings (SSSR count). The summed E-state index contributed by atoms with van der Waals surface area (Å²) >= 11 is 0. The van der Waals surface area contributed by atoms with Crippen LogP contribution in [0.5, 0.6) is 11.5 Å². The van der Waals surface area contributed by atoms with E-state index in [1.807, 2.05) is 25.1 Å². The summed E-state index contributed by atoms with van der Waals surface area (Å²) in [7, 11) is 0. The van der Waals surface area contributed by atoms with Crippen LogP contribution in [0.15, 0.2) is 42.5 Å². The molecule has 96 valence electrons. The van der Waals surface area contributed by atoms with Gasteiger partial charge in [0.1, 0.15) is 17.6 Å². The Bertz CT molecular complexity index is 629. The van der Waals surface area contributed by atoms with E-state index in [0.29, 0.717) is 17.7 Å². The molecule has 0 saturated carbocycles. The van der Waals surface area contributed by atoms with Gasteiger partial charge >= 0.3 is 0 Å². The Kier molecular flexibility index (Phi) is 2.75. The molecule has 0 saturated heterocycles. The first kappa shape index (κ1) is 11.8.